The molecule has 0 spiro atoms. The molecule has 0 aliphatic carbocycles. The van der Waals surface area contributed by atoms with Crippen LogP contribution in [-0.2, 0) is 12.3 Å². The first-order valence-electron chi connectivity index (χ1n) is 9.49. The summed E-state index contributed by atoms with van der Waals surface area (Å²) in [5.74, 6) is 2.29. The summed E-state index contributed by atoms with van der Waals surface area (Å²) < 4.78 is 16.2. The number of carbonyl (C=O) groups is 1. The molecule has 0 saturated carbocycles. The Kier molecular flexibility index (Phi) is 7.63. The van der Waals surface area contributed by atoms with Crippen LogP contribution in [0, 0.1) is 0 Å². The minimum atomic E-state index is -0.136. The van der Waals surface area contributed by atoms with E-state index in [2.05, 4.69) is 17.4 Å². The topological polar surface area (TPSA) is 56.8 Å². The number of benzene rings is 3. The summed E-state index contributed by atoms with van der Waals surface area (Å²) in [6, 6.07) is 21.5. The molecule has 1 N–H and O–H groups in total. The van der Waals surface area contributed by atoms with Gasteiger partial charge in [-0.25, -0.2) is 0 Å². The van der Waals surface area contributed by atoms with Crippen molar-refractivity contribution in [1.29, 1.82) is 0 Å². The molecule has 0 saturated heterocycles. The molecular weight excluding hydrogens is 398 g/mol. The van der Waals surface area contributed by atoms with Gasteiger partial charge >= 0.3 is 0 Å². The number of carbonyl (C=O) groups excluding carboxylic acids is 1. The van der Waals surface area contributed by atoms with Gasteiger partial charge in [-0.15, -0.1) is 11.8 Å². The molecule has 6 heteroatoms. The summed E-state index contributed by atoms with van der Waals surface area (Å²) in [5.41, 5.74) is 2.67. The zero-order chi connectivity index (χ0) is 21.3. The Balaban J connectivity index is 1.73. The Morgan fingerprint density at radius 3 is 2.23 bits per heavy atom. The second-order valence-corrected chi connectivity index (χ2v) is 7.46. The molecule has 3 rings (SSSR count). The van der Waals surface area contributed by atoms with Crippen molar-refractivity contribution in [1.82, 2.24) is 5.32 Å². The smallest absolute Gasteiger partial charge is 0.252 e. The Bertz CT molecular complexity index is 992. The van der Waals surface area contributed by atoms with Crippen LogP contribution in [0.5, 0.6) is 17.2 Å². The summed E-state index contributed by atoms with van der Waals surface area (Å²) in [6.07, 6.45) is 0. The third-order valence-corrected chi connectivity index (χ3v) is 5.74. The number of amides is 1. The van der Waals surface area contributed by atoms with Crippen LogP contribution in [0.4, 0.5) is 0 Å². The third-order valence-electron chi connectivity index (χ3n) is 4.59. The van der Waals surface area contributed by atoms with Crippen LogP contribution in [0.2, 0.25) is 0 Å². The van der Waals surface area contributed by atoms with Crippen LogP contribution < -0.4 is 19.5 Å². The molecule has 0 aliphatic rings. The van der Waals surface area contributed by atoms with Crippen LogP contribution in [-0.4, -0.2) is 27.2 Å². The predicted octanol–water partition coefficient (Wildman–Crippen LogP) is 4.93. The van der Waals surface area contributed by atoms with E-state index < -0.39 is 0 Å². The van der Waals surface area contributed by atoms with E-state index in [-0.39, 0.29) is 5.91 Å². The number of nitrogens with one attached hydrogen (secondary N) is 1. The van der Waals surface area contributed by atoms with Gasteiger partial charge in [-0.2, -0.15) is 0 Å². The van der Waals surface area contributed by atoms with E-state index >= 15 is 0 Å². The van der Waals surface area contributed by atoms with Crippen molar-refractivity contribution in [3.8, 4) is 17.2 Å². The molecule has 0 unspecified atom stereocenters. The van der Waals surface area contributed by atoms with Crippen molar-refractivity contribution < 1.29 is 19.0 Å². The molecule has 0 heterocycles. The van der Waals surface area contributed by atoms with E-state index in [0.717, 1.165) is 16.2 Å². The molecule has 0 fully saturated rings. The molecule has 3 aromatic rings. The molecule has 1 amide bonds. The molecule has 30 heavy (non-hydrogen) atoms. The summed E-state index contributed by atoms with van der Waals surface area (Å²) in [4.78, 5) is 13.8. The van der Waals surface area contributed by atoms with Gasteiger partial charge in [-0.05, 0) is 29.8 Å². The highest BCUT2D eigenvalue weighted by atomic mass is 32.2. The Labute approximate surface area is 181 Å². The third kappa shape index (κ3) is 5.07. The van der Waals surface area contributed by atoms with Crippen LogP contribution in [0.3, 0.4) is 0 Å². The number of methoxy groups -OCH3 is 3. The fraction of sp³-hybridized carbons (Fsp3) is 0.208. The average molecular weight is 424 g/mol. The monoisotopic (exact) mass is 423 g/mol. The van der Waals surface area contributed by atoms with Gasteiger partial charge in [0.25, 0.3) is 5.91 Å². The van der Waals surface area contributed by atoms with E-state index in [4.69, 9.17) is 14.2 Å². The maximum absolute atomic E-state index is 12.9. The largest absolute Gasteiger partial charge is 0.493 e. The number of rotatable bonds is 9. The standard InChI is InChI=1S/C24H25NO4S/c1-27-20-14-13-18(22(28-2)23(20)29-3)15-25-24(26)19-11-7-8-12-21(19)30-16-17-9-5-4-6-10-17/h4-14H,15-16H2,1-3H3,(H,25,26). The molecule has 0 radical (unpaired) electrons. The van der Waals surface area contributed by atoms with Crippen molar-refractivity contribution in [2.45, 2.75) is 17.2 Å². The summed E-state index contributed by atoms with van der Waals surface area (Å²) >= 11 is 1.65. The zero-order valence-corrected chi connectivity index (χ0v) is 18.1. The van der Waals surface area contributed by atoms with Crippen molar-refractivity contribution in [2.24, 2.45) is 0 Å². The van der Waals surface area contributed by atoms with E-state index in [1.807, 2.05) is 48.5 Å². The van der Waals surface area contributed by atoms with E-state index in [1.54, 1.807) is 39.2 Å². The average Bonchev–Trinajstić information content (AvgIpc) is 2.81. The number of hydrogen-bond donors (Lipinski definition) is 1. The number of thioether (sulfide) groups is 1. The van der Waals surface area contributed by atoms with Gasteiger partial charge in [0.15, 0.2) is 11.5 Å². The number of ether oxygens (including phenoxy) is 3. The first kappa shape index (κ1) is 21.6. The first-order valence-corrected chi connectivity index (χ1v) is 10.5. The van der Waals surface area contributed by atoms with E-state index in [1.165, 1.54) is 5.56 Å². The van der Waals surface area contributed by atoms with E-state index in [9.17, 15) is 4.79 Å². The van der Waals surface area contributed by atoms with Gasteiger partial charge < -0.3 is 19.5 Å². The fourth-order valence-electron chi connectivity index (χ4n) is 3.09. The Hall–Kier alpha value is -3.12. The lowest BCUT2D eigenvalue weighted by Gasteiger charge is -2.16. The highest BCUT2D eigenvalue weighted by Crippen LogP contribution is 2.39. The van der Waals surface area contributed by atoms with Gasteiger partial charge in [0.1, 0.15) is 0 Å². The zero-order valence-electron chi connectivity index (χ0n) is 17.3. The SMILES string of the molecule is COc1ccc(CNC(=O)c2ccccc2SCc2ccccc2)c(OC)c1OC. The van der Waals surface area contributed by atoms with Crippen molar-refractivity contribution in [3.63, 3.8) is 0 Å². The Morgan fingerprint density at radius 2 is 1.53 bits per heavy atom. The lowest BCUT2D eigenvalue weighted by Crippen LogP contribution is -2.23. The van der Waals surface area contributed by atoms with Gasteiger partial charge in [-0.3, -0.25) is 4.79 Å². The highest BCUT2D eigenvalue weighted by Gasteiger charge is 2.17. The summed E-state index contributed by atoms with van der Waals surface area (Å²) in [6.45, 7) is 0.306. The molecular formula is C24H25NO4S. The molecule has 156 valence electrons. The molecule has 0 bridgehead atoms. The summed E-state index contributed by atoms with van der Waals surface area (Å²) in [5, 5.41) is 2.99. The van der Waals surface area contributed by atoms with Crippen molar-refractivity contribution in [3.05, 3.63) is 83.4 Å². The van der Waals surface area contributed by atoms with Crippen molar-refractivity contribution in [2.75, 3.05) is 21.3 Å². The van der Waals surface area contributed by atoms with Crippen LogP contribution in [0.1, 0.15) is 21.5 Å². The lowest BCUT2D eigenvalue weighted by atomic mass is 10.1. The predicted molar refractivity (Wildman–Crippen MR) is 120 cm³/mol. The van der Waals surface area contributed by atoms with Crippen LogP contribution in [0.25, 0.3) is 0 Å². The normalized spacial score (nSPS) is 10.4. The van der Waals surface area contributed by atoms with Gasteiger partial charge in [0.2, 0.25) is 5.75 Å². The van der Waals surface area contributed by atoms with Gasteiger partial charge in [-0.1, -0.05) is 42.5 Å². The van der Waals surface area contributed by atoms with Crippen LogP contribution in [0.15, 0.2) is 71.6 Å². The molecule has 0 aromatic heterocycles. The molecule has 0 atom stereocenters. The van der Waals surface area contributed by atoms with E-state index in [0.29, 0.717) is 29.4 Å². The second-order valence-electron chi connectivity index (χ2n) is 6.45. The highest BCUT2D eigenvalue weighted by molar-refractivity contribution is 7.98. The molecule has 0 aliphatic heterocycles. The first-order chi connectivity index (χ1) is 14.7. The molecule has 5 nitrogen and oxygen atoms in total. The fourth-order valence-corrected chi connectivity index (χ4v) is 4.09. The Morgan fingerprint density at radius 1 is 0.833 bits per heavy atom. The molecule has 3 aromatic carbocycles. The van der Waals surface area contributed by atoms with Gasteiger partial charge in [0.05, 0.1) is 26.9 Å². The maximum Gasteiger partial charge on any atom is 0.252 e. The maximum atomic E-state index is 12.9. The second kappa shape index (κ2) is 10.6. The van der Waals surface area contributed by atoms with Crippen molar-refractivity contribution >= 4 is 17.7 Å². The van der Waals surface area contributed by atoms with Gasteiger partial charge in [0, 0.05) is 22.8 Å². The lowest BCUT2D eigenvalue weighted by molar-refractivity contribution is 0.0947. The quantitative estimate of drug-likeness (QED) is 0.494. The minimum Gasteiger partial charge on any atom is -0.493 e. The number of hydrogen-bond acceptors (Lipinski definition) is 5. The minimum absolute atomic E-state index is 0.136. The van der Waals surface area contributed by atoms with Crippen LogP contribution >= 0.6 is 11.8 Å². The summed E-state index contributed by atoms with van der Waals surface area (Å²) in [7, 11) is 4.70.